The Morgan fingerprint density at radius 2 is 2.07 bits per heavy atom. The van der Waals surface area contributed by atoms with Gasteiger partial charge in [0.1, 0.15) is 0 Å². The predicted molar refractivity (Wildman–Crippen MR) is 94.4 cm³/mol. The first-order valence-electron chi connectivity index (χ1n) is 8.81. The molecule has 1 aromatic heterocycles. The van der Waals surface area contributed by atoms with Gasteiger partial charge >= 0.3 is 0 Å². The number of halogens is 2. The molecule has 0 saturated carbocycles. The van der Waals surface area contributed by atoms with Crippen LogP contribution >= 0.6 is 0 Å². The second-order valence-electron chi connectivity index (χ2n) is 6.86. The van der Waals surface area contributed by atoms with Gasteiger partial charge in [-0.05, 0) is 37.5 Å². The predicted octanol–water partition coefficient (Wildman–Crippen LogP) is 1.71. The minimum atomic E-state index is -1.53. The van der Waals surface area contributed by atoms with Crippen molar-refractivity contribution in [1.82, 2.24) is 20.2 Å². The molecule has 27 heavy (non-hydrogen) atoms. The van der Waals surface area contributed by atoms with E-state index in [1.807, 2.05) is 6.92 Å². The number of aryl methyl sites for hydroxylation is 1. The number of hydrogen-bond donors (Lipinski definition) is 2. The molecule has 0 unspecified atom stereocenters. The van der Waals surface area contributed by atoms with Crippen LogP contribution in [-0.4, -0.2) is 44.6 Å². The molecule has 2 heterocycles. The standard InChI is InChI=1S/C19H22F2N4O2/c1-13-8-24-15(10-23-13)9-22-12-19(27)5-2-6-25(18(19)26)11-14-3-4-16(20)17(21)7-14/h3-4,7-8,10,22,27H,2,5-6,9,11-12H2,1H3/t19-/m0/s1. The third kappa shape index (κ3) is 4.64. The summed E-state index contributed by atoms with van der Waals surface area (Å²) in [6.07, 6.45) is 4.26. The molecule has 1 aliphatic heterocycles. The maximum atomic E-state index is 13.4. The Kier molecular flexibility index (Phi) is 5.76. The summed E-state index contributed by atoms with van der Waals surface area (Å²) in [7, 11) is 0. The second-order valence-corrected chi connectivity index (χ2v) is 6.86. The SMILES string of the molecule is Cc1cnc(CNC[C@@]2(O)CCCN(Cc3ccc(F)c(F)c3)C2=O)cn1. The van der Waals surface area contributed by atoms with Crippen LogP contribution < -0.4 is 5.32 Å². The smallest absolute Gasteiger partial charge is 0.256 e. The largest absolute Gasteiger partial charge is 0.379 e. The maximum Gasteiger partial charge on any atom is 0.256 e. The van der Waals surface area contributed by atoms with Crippen LogP contribution in [0.25, 0.3) is 0 Å². The average molecular weight is 376 g/mol. The summed E-state index contributed by atoms with van der Waals surface area (Å²) in [6, 6.07) is 3.55. The van der Waals surface area contributed by atoms with Crippen LogP contribution in [0.2, 0.25) is 0 Å². The van der Waals surface area contributed by atoms with E-state index in [0.29, 0.717) is 37.2 Å². The molecule has 0 radical (unpaired) electrons. The van der Waals surface area contributed by atoms with E-state index in [0.717, 1.165) is 17.8 Å². The van der Waals surface area contributed by atoms with Gasteiger partial charge in [-0.3, -0.25) is 14.8 Å². The number of piperidine rings is 1. The number of carbonyl (C=O) groups is 1. The fourth-order valence-electron chi connectivity index (χ4n) is 3.15. The first-order valence-corrected chi connectivity index (χ1v) is 8.81. The van der Waals surface area contributed by atoms with Crippen LogP contribution in [0.4, 0.5) is 8.78 Å². The van der Waals surface area contributed by atoms with Crippen LogP contribution in [0.1, 0.15) is 29.8 Å². The topological polar surface area (TPSA) is 78.4 Å². The number of nitrogens with zero attached hydrogens (tertiary/aromatic N) is 3. The summed E-state index contributed by atoms with van der Waals surface area (Å²) < 4.78 is 26.5. The molecule has 0 spiro atoms. The van der Waals surface area contributed by atoms with Gasteiger partial charge in [-0.2, -0.15) is 0 Å². The van der Waals surface area contributed by atoms with E-state index >= 15 is 0 Å². The average Bonchev–Trinajstić information content (AvgIpc) is 2.64. The minimum Gasteiger partial charge on any atom is -0.379 e. The Balaban J connectivity index is 1.60. The Hall–Kier alpha value is -2.45. The summed E-state index contributed by atoms with van der Waals surface area (Å²) >= 11 is 0. The molecule has 0 aliphatic carbocycles. The number of carbonyl (C=O) groups excluding carboxylic acids is 1. The Morgan fingerprint density at radius 3 is 2.78 bits per heavy atom. The lowest BCUT2D eigenvalue weighted by atomic mass is 9.91. The quantitative estimate of drug-likeness (QED) is 0.803. The number of rotatable bonds is 6. The molecule has 1 amide bonds. The fraction of sp³-hybridized carbons (Fsp3) is 0.421. The summed E-state index contributed by atoms with van der Waals surface area (Å²) in [5.41, 5.74) is 0.475. The number of nitrogens with one attached hydrogen (secondary N) is 1. The molecular formula is C19H22F2N4O2. The van der Waals surface area contributed by atoms with Gasteiger partial charge < -0.3 is 15.3 Å². The molecule has 3 rings (SSSR count). The van der Waals surface area contributed by atoms with Crippen molar-refractivity contribution < 1.29 is 18.7 Å². The van der Waals surface area contributed by atoms with Crippen LogP contribution in [-0.2, 0) is 17.9 Å². The summed E-state index contributed by atoms with van der Waals surface area (Å²) in [5, 5.41) is 13.8. The molecule has 2 N–H and O–H groups in total. The number of hydrogen-bond acceptors (Lipinski definition) is 5. The van der Waals surface area contributed by atoms with Crippen molar-refractivity contribution >= 4 is 5.91 Å². The molecule has 6 nitrogen and oxygen atoms in total. The zero-order chi connectivity index (χ0) is 19.4. The van der Waals surface area contributed by atoms with Gasteiger partial charge in [0.05, 0.1) is 11.4 Å². The van der Waals surface area contributed by atoms with E-state index < -0.39 is 23.1 Å². The molecule has 2 aromatic rings. The molecule has 1 aromatic carbocycles. The normalized spacial score (nSPS) is 20.1. The van der Waals surface area contributed by atoms with E-state index in [1.54, 1.807) is 12.4 Å². The lowest BCUT2D eigenvalue weighted by molar-refractivity contribution is -0.157. The van der Waals surface area contributed by atoms with Gasteiger partial charge in [-0.15, -0.1) is 0 Å². The van der Waals surface area contributed by atoms with E-state index in [2.05, 4.69) is 15.3 Å². The third-order valence-electron chi connectivity index (χ3n) is 4.62. The van der Waals surface area contributed by atoms with Crippen LogP contribution in [0.15, 0.2) is 30.6 Å². The van der Waals surface area contributed by atoms with Gasteiger partial charge in [0.15, 0.2) is 17.2 Å². The number of likely N-dealkylation sites (tertiary alicyclic amines) is 1. The van der Waals surface area contributed by atoms with Gasteiger partial charge in [0.2, 0.25) is 0 Å². The highest BCUT2D eigenvalue weighted by Crippen LogP contribution is 2.24. The number of benzene rings is 1. The molecule has 1 fully saturated rings. The van der Waals surface area contributed by atoms with Gasteiger partial charge in [-0.1, -0.05) is 6.07 Å². The van der Waals surface area contributed by atoms with Crippen molar-refractivity contribution in [2.75, 3.05) is 13.1 Å². The lowest BCUT2D eigenvalue weighted by Crippen LogP contribution is -2.57. The zero-order valence-electron chi connectivity index (χ0n) is 15.1. The van der Waals surface area contributed by atoms with Crippen molar-refractivity contribution in [3.63, 3.8) is 0 Å². The highest BCUT2D eigenvalue weighted by Gasteiger charge is 2.41. The molecular weight excluding hydrogens is 354 g/mol. The van der Waals surface area contributed by atoms with Gasteiger partial charge in [-0.25, -0.2) is 8.78 Å². The Morgan fingerprint density at radius 1 is 1.26 bits per heavy atom. The van der Waals surface area contributed by atoms with Crippen LogP contribution in [0.3, 0.4) is 0 Å². The van der Waals surface area contributed by atoms with Crippen LogP contribution in [0.5, 0.6) is 0 Å². The highest BCUT2D eigenvalue weighted by atomic mass is 19.2. The second kappa shape index (κ2) is 8.06. The lowest BCUT2D eigenvalue weighted by Gasteiger charge is -2.38. The van der Waals surface area contributed by atoms with Crippen molar-refractivity contribution in [2.45, 2.75) is 38.5 Å². The van der Waals surface area contributed by atoms with Crippen molar-refractivity contribution in [3.05, 3.63) is 59.2 Å². The molecule has 1 saturated heterocycles. The highest BCUT2D eigenvalue weighted by molar-refractivity contribution is 5.86. The number of aliphatic hydroxyl groups is 1. The first-order chi connectivity index (χ1) is 12.9. The zero-order valence-corrected chi connectivity index (χ0v) is 15.1. The molecule has 1 atom stereocenters. The van der Waals surface area contributed by atoms with Crippen molar-refractivity contribution in [2.24, 2.45) is 0 Å². The fourth-order valence-corrected chi connectivity index (χ4v) is 3.15. The number of amides is 1. The number of aromatic nitrogens is 2. The molecule has 0 bridgehead atoms. The molecule has 1 aliphatic rings. The summed E-state index contributed by atoms with van der Waals surface area (Å²) in [6.45, 7) is 2.89. The maximum absolute atomic E-state index is 13.4. The van der Waals surface area contributed by atoms with E-state index in [-0.39, 0.29) is 13.1 Å². The van der Waals surface area contributed by atoms with E-state index in [1.165, 1.54) is 11.0 Å². The monoisotopic (exact) mass is 376 g/mol. The van der Waals surface area contributed by atoms with E-state index in [4.69, 9.17) is 0 Å². The third-order valence-corrected chi connectivity index (χ3v) is 4.62. The van der Waals surface area contributed by atoms with Gasteiger partial charge in [0, 0.05) is 38.6 Å². The Bertz CT molecular complexity index is 816. The van der Waals surface area contributed by atoms with E-state index in [9.17, 15) is 18.7 Å². The van der Waals surface area contributed by atoms with Crippen molar-refractivity contribution in [3.8, 4) is 0 Å². The summed E-state index contributed by atoms with van der Waals surface area (Å²) in [4.78, 5) is 22.6. The summed E-state index contributed by atoms with van der Waals surface area (Å²) in [5.74, 6) is -2.29. The molecule has 144 valence electrons. The van der Waals surface area contributed by atoms with Gasteiger partial charge in [0.25, 0.3) is 5.91 Å². The van der Waals surface area contributed by atoms with Crippen molar-refractivity contribution in [1.29, 1.82) is 0 Å². The first kappa shape index (κ1) is 19.3. The Labute approximate surface area is 156 Å². The molecule has 8 heteroatoms. The minimum absolute atomic E-state index is 0.0790. The van der Waals surface area contributed by atoms with Crippen LogP contribution in [0, 0.1) is 18.6 Å².